The number of H-pyrrole nitrogens is 1. The average molecular weight is 283 g/mol. The van der Waals surface area contributed by atoms with E-state index in [-0.39, 0.29) is 5.56 Å². The lowest BCUT2D eigenvalue weighted by atomic mass is 10.1. The molecule has 3 rings (SSSR count). The number of nitrogens with zero attached hydrogens (tertiary/aromatic N) is 2. The monoisotopic (exact) mass is 283 g/mol. The summed E-state index contributed by atoms with van der Waals surface area (Å²) in [7, 11) is 0. The van der Waals surface area contributed by atoms with Gasteiger partial charge in [-0.3, -0.25) is 4.57 Å². The smallest absolute Gasteiger partial charge is 0.182 e. The van der Waals surface area contributed by atoms with Crippen molar-refractivity contribution in [3.05, 3.63) is 58.1 Å². The highest BCUT2D eigenvalue weighted by atomic mass is 32.1. The Morgan fingerprint density at radius 3 is 2.85 bits per heavy atom. The van der Waals surface area contributed by atoms with Gasteiger partial charge in [0.1, 0.15) is 17.4 Å². The van der Waals surface area contributed by atoms with Crippen molar-refractivity contribution in [3.8, 4) is 11.8 Å². The van der Waals surface area contributed by atoms with Crippen LogP contribution in [0.25, 0.3) is 16.7 Å². The number of hydrogen-bond acceptors (Lipinski definition) is 2. The number of imidazole rings is 1. The number of aromatic amines is 1. The molecule has 2 aromatic carbocycles. The van der Waals surface area contributed by atoms with Crippen LogP contribution in [0.1, 0.15) is 11.1 Å². The minimum atomic E-state index is -0.548. The average Bonchev–Trinajstić information content (AvgIpc) is 2.73. The summed E-state index contributed by atoms with van der Waals surface area (Å²) in [5.74, 6) is -0.548. The third kappa shape index (κ3) is 1.82. The molecule has 0 atom stereocenters. The van der Waals surface area contributed by atoms with E-state index in [4.69, 9.17) is 17.5 Å². The minimum absolute atomic E-state index is 0.00919. The lowest BCUT2D eigenvalue weighted by Crippen LogP contribution is -1.99. The zero-order chi connectivity index (χ0) is 14.3. The predicted molar refractivity (Wildman–Crippen MR) is 77.9 cm³/mol. The van der Waals surface area contributed by atoms with Crippen molar-refractivity contribution in [2.75, 3.05) is 0 Å². The summed E-state index contributed by atoms with van der Waals surface area (Å²) in [4.78, 5) is 3.08. The molecule has 0 aliphatic rings. The molecule has 0 radical (unpaired) electrons. The van der Waals surface area contributed by atoms with Crippen LogP contribution in [0.3, 0.4) is 0 Å². The zero-order valence-electron chi connectivity index (χ0n) is 10.6. The second-order valence-corrected chi connectivity index (χ2v) is 4.92. The van der Waals surface area contributed by atoms with E-state index in [0.29, 0.717) is 10.5 Å². The van der Waals surface area contributed by atoms with Crippen molar-refractivity contribution >= 4 is 23.3 Å². The van der Waals surface area contributed by atoms with Crippen molar-refractivity contribution in [2.24, 2.45) is 0 Å². The van der Waals surface area contributed by atoms with E-state index >= 15 is 0 Å². The summed E-state index contributed by atoms with van der Waals surface area (Å²) < 4.78 is 15.9. The molecule has 0 amide bonds. The summed E-state index contributed by atoms with van der Waals surface area (Å²) in [6.07, 6.45) is 0. The maximum absolute atomic E-state index is 13.8. The number of nitriles is 1. The van der Waals surface area contributed by atoms with Gasteiger partial charge in [-0.1, -0.05) is 12.1 Å². The van der Waals surface area contributed by atoms with Crippen LogP contribution in [0.2, 0.25) is 0 Å². The van der Waals surface area contributed by atoms with Crippen LogP contribution in [0.4, 0.5) is 4.39 Å². The SMILES string of the molecule is Cc1ccc2c(c1)[nH]c(=S)n2-c1cccc(F)c1C#N. The molecule has 3 nitrogen and oxygen atoms in total. The Bertz CT molecular complexity index is 915. The fraction of sp³-hybridized carbons (Fsp3) is 0.0667. The molecule has 98 valence electrons. The zero-order valence-corrected chi connectivity index (χ0v) is 11.5. The van der Waals surface area contributed by atoms with E-state index in [1.807, 2.05) is 31.2 Å². The van der Waals surface area contributed by atoms with Gasteiger partial charge in [-0.25, -0.2) is 4.39 Å². The van der Waals surface area contributed by atoms with Crippen LogP contribution in [0, 0.1) is 28.8 Å². The lowest BCUT2D eigenvalue weighted by molar-refractivity contribution is 0.622. The largest absolute Gasteiger partial charge is 0.330 e. The molecule has 1 N–H and O–H groups in total. The van der Waals surface area contributed by atoms with E-state index in [1.54, 1.807) is 16.7 Å². The second kappa shape index (κ2) is 4.58. The van der Waals surface area contributed by atoms with Crippen LogP contribution in [-0.4, -0.2) is 9.55 Å². The highest BCUT2D eigenvalue weighted by molar-refractivity contribution is 7.71. The number of fused-ring (bicyclic) bond motifs is 1. The molecule has 5 heteroatoms. The topological polar surface area (TPSA) is 44.5 Å². The summed E-state index contributed by atoms with van der Waals surface area (Å²) in [5.41, 5.74) is 3.23. The van der Waals surface area contributed by atoms with Gasteiger partial charge >= 0.3 is 0 Å². The molecule has 0 aliphatic heterocycles. The van der Waals surface area contributed by atoms with Crippen LogP contribution in [0.5, 0.6) is 0 Å². The van der Waals surface area contributed by atoms with Gasteiger partial charge in [0.25, 0.3) is 0 Å². The Kier molecular flexibility index (Phi) is 2.88. The minimum Gasteiger partial charge on any atom is -0.330 e. The summed E-state index contributed by atoms with van der Waals surface area (Å²) in [6.45, 7) is 1.98. The van der Waals surface area contributed by atoms with Gasteiger partial charge in [0, 0.05) is 0 Å². The molecule has 3 aromatic rings. The van der Waals surface area contributed by atoms with Crippen molar-refractivity contribution in [1.82, 2.24) is 9.55 Å². The maximum atomic E-state index is 13.8. The molecule has 1 aromatic heterocycles. The fourth-order valence-electron chi connectivity index (χ4n) is 2.27. The first-order valence-corrected chi connectivity index (χ1v) is 6.43. The normalized spacial score (nSPS) is 10.7. The standard InChI is InChI=1S/C15H10FN3S/c1-9-5-6-14-12(7-9)18-15(20)19(14)13-4-2-3-11(16)10(13)8-17/h2-7H,1H3,(H,18,20). The first-order valence-electron chi connectivity index (χ1n) is 6.02. The third-order valence-electron chi connectivity index (χ3n) is 3.18. The predicted octanol–water partition coefficient (Wildman–Crippen LogP) is 4.01. The summed E-state index contributed by atoms with van der Waals surface area (Å²) >= 11 is 5.30. The van der Waals surface area contributed by atoms with Crippen molar-refractivity contribution in [2.45, 2.75) is 6.92 Å². The van der Waals surface area contributed by atoms with Crippen LogP contribution in [0.15, 0.2) is 36.4 Å². The van der Waals surface area contributed by atoms with E-state index in [1.165, 1.54) is 6.07 Å². The number of aryl methyl sites for hydroxylation is 1. The van der Waals surface area contributed by atoms with Gasteiger partial charge in [0.05, 0.1) is 16.7 Å². The molecule has 0 saturated heterocycles. The Morgan fingerprint density at radius 1 is 1.30 bits per heavy atom. The van der Waals surface area contributed by atoms with E-state index in [2.05, 4.69) is 4.98 Å². The Morgan fingerprint density at radius 2 is 2.10 bits per heavy atom. The van der Waals surface area contributed by atoms with Crippen molar-refractivity contribution in [3.63, 3.8) is 0 Å². The molecule has 0 aliphatic carbocycles. The summed E-state index contributed by atoms with van der Waals surface area (Å²) in [5, 5.41) is 9.16. The Labute approximate surface area is 119 Å². The Balaban J connectivity index is 2.42. The van der Waals surface area contributed by atoms with Gasteiger partial charge in [-0.05, 0) is 49.0 Å². The molecule has 0 saturated carbocycles. The maximum Gasteiger partial charge on any atom is 0.182 e. The molecular weight excluding hydrogens is 273 g/mol. The van der Waals surface area contributed by atoms with Crippen LogP contribution >= 0.6 is 12.2 Å². The third-order valence-corrected chi connectivity index (χ3v) is 3.47. The molecule has 0 fully saturated rings. The molecule has 0 spiro atoms. The number of halogens is 1. The number of hydrogen-bond donors (Lipinski definition) is 1. The molecule has 1 heterocycles. The van der Waals surface area contributed by atoms with Crippen molar-refractivity contribution < 1.29 is 4.39 Å². The number of nitrogens with one attached hydrogen (secondary N) is 1. The first kappa shape index (κ1) is 12.6. The van der Waals surface area contributed by atoms with Gasteiger partial charge in [-0.2, -0.15) is 5.26 Å². The van der Waals surface area contributed by atoms with Gasteiger partial charge in [0.2, 0.25) is 0 Å². The van der Waals surface area contributed by atoms with Crippen molar-refractivity contribution in [1.29, 1.82) is 5.26 Å². The molecule has 0 unspecified atom stereocenters. The van der Waals surface area contributed by atoms with E-state index < -0.39 is 5.82 Å². The lowest BCUT2D eigenvalue weighted by Gasteiger charge is -2.07. The van der Waals surface area contributed by atoms with Gasteiger partial charge < -0.3 is 4.98 Å². The van der Waals surface area contributed by atoms with E-state index in [0.717, 1.165) is 16.6 Å². The van der Waals surface area contributed by atoms with E-state index in [9.17, 15) is 4.39 Å². The van der Waals surface area contributed by atoms with Gasteiger partial charge in [0.15, 0.2) is 4.77 Å². The molecule has 20 heavy (non-hydrogen) atoms. The molecule has 0 bridgehead atoms. The number of rotatable bonds is 1. The highest BCUT2D eigenvalue weighted by Crippen LogP contribution is 2.24. The fourth-order valence-corrected chi connectivity index (χ4v) is 2.58. The summed E-state index contributed by atoms with van der Waals surface area (Å²) in [6, 6.07) is 12.2. The number of aromatic nitrogens is 2. The van der Waals surface area contributed by atoms with Crippen LogP contribution in [-0.2, 0) is 0 Å². The first-order chi connectivity index (χ1) is 9.61. The Hall–Kier alpha value is -2.45. The number of benzene rings is 2. The van der Waals surface area contributed by atoms with Crippen LogP contribution < -0.4 is 0 Å². The van der Waals surface area contributed by atoms with Gasteiger partial charge in [-0.15, -0.1) is 0 Å². The molecular formula is C15H10FN3S. The quantitative estimate of drug-likeness (QED) is 0.686. The second-order valence-electron chi connectivity index (χ2n) is 4.53. The highest BCUT2D eigenvalue weighted by Gasteiger charge is 2.13.